The molecule has 0 fully saturated rings. The molecule has 2 N–H and O–H groups in total. The van der Waals surface area contributed by atoms with E-state index in [9.17, 15) is 14.7 Å². The van der Waals surface area contributed by atoms with Crippen LogP contribution in [0.15, 0.2) is 36.4 Å². The Labute approximate surface area is 146 Å². The van der Waals surface area contributed by atoms with Crippen molar-refractivity contribution in [2.45, 2.75) is 45.6 Å². The minimum Gasteiger partial charge on any atom is -0.481 e. The highest BCUT2D eigenvalue weighted by Gasteiger charge is 2.29. The van der Waals surface area contributed by atoms with Gasteiger partial charge in [0.2, 0.25) is 0 Å². The molecule has 0 radical (unpaired) electrons. The van der Waals surface area contributed by atoms with Crippen LogP contribution >= 0.6 is 11.3 Å². The maximum absolute atomic E-state index is 12.6. The molecule has 0 saturated heterocycles. The molecule has 5 heteroatoms. The molecule has 4 nitrogen and oxygen atoms in total. The molecule has 1 heterocycles. The van der Waals surface area contributed by atoms with Crippen LogP contribution in [0.1, 0.15) is 52.4 Å². The van der Waals surface area contributed by atoms with Crippen LogP contribution in [0, 0.1) is 0 Å². The van der Waals surface area contributed by atoms with E-state index in [2.05, 4.69) is 5.32 Å². The molecule has 2 atom stereocenters. The minimum absolute atomic E-state index is 0.224. The Bertz CT molecular complexity index is 723. The topological polar surface area (TPSA) is 66.4 Å². The van der Waals surface area contributed by atoms with E-state index in [1.54, 1.807) is 13.0 Å². The van der Waals surface area contributed by atoms with Crippen molar-refractivity contribution in [2.24, 2.45) is 0 Å². The summed E-state index contributed by atoms with van der Waals surface area (Å²) in [4.78, 5) is 26.2. The summed E-state index contributed by atoms with van der Waals surface area (Å²) >= 11 is 1.50. The molecule has 0 aliphatic heterocycles. The Morgan fingerprint density at radius 2 is 1.83 bits per heavy atom. The van der Waals surface area contributed by atoms with Gasteiger partial charge < -0.3 is 10.4 Å². The molecule has 1 amide bonds. The number of carbonyl (C=O) groups excluding carboxylic acids is 1. The second kappa shape index (κ2) is 8.11. The number of aryl methyl sites for hydroxylation is 2. The van der Waals surface area contributed by atoms with Gasteiger partial charge in [-0.15, -0.1) is 11.3 Å². The number of hydrogen-bond donors (Lipinski definition) is 2. The number of aliphatic carboxylic acids is 1. The number of carboxylic acids is 1. The van der Waals surface area contributed by atoms with E-state index in [-0.39, 0.29) is 5.91 Å². The Kier molecular flexibility index (Phi) is 6.15. The molecule has 1 aromatic carbocycles. The summed E-state index contributed by atoms with van der Waals surface area (Å²) in [5.41, 5.74) is 1.56. The molecular formula is C19H23NO3S. The van der Waals surface area contributed by atoms with Crippen LogP contribution < -0.4 is 5.32 Å². The summed E-state index contributed by atoms with van der Waals surface area (Å²) in [6.45, 7) is 5.78. The SMILES string of the molecule is CCc1ccc(C(C(=O)O)C(C)NC(=O)c2ccccc2CC)s1. The van der Waals surface area contributed by atoms with E-state index in [1.807, 2.05) is 44.2 Å². The first kappa shape index (κ1) is 18.2. The fraction of sp³-hybridized carbons (Fsp3) is 0.368. The van der Waals surface area contributed by atoms with E-state index < -0.39 is 17.9 Å². The lowest BCUT2D eigenvalue weighted by Crippen LogP contribution is -2.40. The Hall–Kier alpha value is -2.14. The van der Waals surface area contributed by atoms with Crippen LogP contribution in [-0.4, -0.2) is 23.0 Å². The molecule has 1 aromatic heterocycles. The van der Waals surface area contributed by atoms with E-state index in [0.717, 1.165) is 28.2 Å². The molecule has 2 unspecified atom stereocenters. The van der Waals surface area contributed by atoms with Gasteiger partial charge in [0.15, 0.2) is 0 Å². The van der Waals surface area contributed by atoms with Crippen LogP contribution in [0.2, 0.25) is 0 Å². The summed E-state index contributed by atoms with van der Waals surface area (Å²) in [7, 11) is 0. The molecule has 2 rings (SSSR count). The molecule has 0 spiro atoms. The Morgan fingerprint density at radius 3 is 2.42 bits per heavy atom. The number of benzene rings is 1. The van der Waals surface area contributed by atoms with Gasteiger partial charge in [0.25, 0.3) is 5.91 Å². The Balaban J connectivity index is 2.20. The highest BCUT2D eigenvalue weighted by atomic mass is 32.1. The van der Waals surface area contributed by atoms with Crippen molar-refractivity contribution in [1.29, 1.82) is 0 Å². The monoisotopic (exact) mass is 345 g/mol. The van der Waals surface area contributed by atoms with Crippen molar-refractivity contribution in [3.05, 3.63) is 57.3 Å². The third kappa shape index (κ3) is 4.03. The number of amides is 1. The number of hydrogen-bond acceptors (Lipinski definition) is 3. The molecule has 0 saturated carbocycles. The number of nitrogens with one attached hydrogen (secondary N) is 1. The predicted molar refractivity (Wildman–Crippen MR) is 96.8 cm³/mol. The second-order valence-electron chi connectivity index (χ2n) is 5.75. The van der Waals surface area contributed by atoms with Crippen LogP contribution in [0.5, 0.6) is 0 Å². The van der Waals surface area contributed by atoms with E-state index >= 15 is 0 Å². The summed E-state index contributed by atoms with van der Waals surface area (Å²) < 4.78 is 0. The fourth-order valence-electron chi connectivity index (χ4n) is 2.75. The fourth-order valence-corrected chi connectivity index (χ4v) is 3.90. The summed E-state index contributed by atoms with van der Waals surface area (Å²) in [6, 6.07) is 10.7. The average molecular weight is 345 g/mol. The zero-order valence-corrected chi connectivity index (χ0v) is 15.0. The predicted octanol–water partition coefficient (Wildman–Crippen LogP) is 3.86. The normalized spacial score (nSPS) is 13.3. The summed E-state index contributed by atoms with van der Waals surface area (Å²) in [5, 5.41) is 12.5. The molecule has 2 aromatic rings. The lowest BCUT2D eigenvalue weighted by molar-refractivity contribution is -0.139. The standard InChI is InChI=1S/C19H23NO3S/c1-4-13-8-6-7-9-15(13)18(21)20-12(3)17(19(22)23)16-11-10-14(5-2)24-16/h6-12,17H,4-5H2,1-3H3,(H,20,21)(H,22,23). The van der Waals surface area contributed by atoms with Gasteiger partial charge in [0.1, 0.15) is 5.92 Å². The lowest BCUT2D eigenvalue weighted by Gasteiger charge is -2.21. The second-order valence-corrected chi connectivity index (χ2v) is 6.95. The van der Waals surface area contributed by atoms with Gasteiger partial charge in [-0.05, 0) is 43.5 Å². The van der Waals surface area contributed by atoms with Gasteiger partial charge in [-0.2, -0.15) is 0 Å². The summed E-state index contributed by atoms with van der Waals surface area (Å²) in [6.07, 6.45) is 1.63. The molecule has 24 heavy (non-hydrogen) atoms. The molecule has 128 valence electrons. The van der Waals surface area contributed by atoms with E-state index in [4.69, 9.17) is 0 Å². The quantitative estimate of drug-likeness (QED) is 0.801. The maximum Gasteiger partial charge on any atom is 0.313 e. The number of thiophene rings is 1. The maximum atomic E-state index is 12.6. The minimum atomic E-state index is -0.920. The van der Waals surface area contributed by atoms with Gasteiger partial charge in [0, 0.05) is 21.4 Å². The first-order valence-electron chi connectivity index (χ1n) is 8.18. The van der Waals surface area contributed by atoms with Gasteiger partial charge in [-0.1, -0.05) is 32.0 Å². The van der Waals surface area contributed by atoms with Crippen LogP contribution in [0.3, 0.4) is 0 Å². The van der Waals surface area contributed by atoms with Crippen molar-refractivity contribution >= 4 is 23.2 Å². The van der Waals surface area contributed by atoms with Crippen LogP contribution in [0.4, 0.5) is 0 Å². The molecular weight excluding hydrogens is 322 g/mol. The zero-order chi connectivity index (χ0) is 17.7. The molecule has 0 bridgehead atoms. The van der Waals surface area contributed by atoms with Crippen molar-refractivity contribution in [3.8, 4) is 0 Å². The smallest absolute Gasteiger partial charge is 0.313 e. The largest absolute Gasteiger partial charge is 0.481 e. The molecule has 0 aliphatic rings. The molecule has 0 aliphatic carbocycles. The van der Waals surface area contributed by atoms with Gasteiger partial charge in [-0.25, -0.2) is 0 Å². The lowest BCUT2D eigenvalue weighted by atomic mass is 9.98. The van der Waals surface area contributed by atoms with E-state index in [0.29, 0.717) is 5.56 Å². The van der Waals surface area contributed by atoms with Crippen LogP contribution in [-0.2, 0) is 17.6 Å². The first-order chi connectivity index (χ1) is 11.5. The van der Waals surface area contributed by atoms with E-state index in [1.165, 1.54) is 11.3 Å². The van der Waals surface area contributed by atoms with Crippen molar-refractivity contribution in [1.82, 2.24) is 5.32 Å². The van der Waals surface area contributed by atoms with Gasteiger partial charge in [0.05, 0.1) is 0 Å². The Morgan fingerprint density at radius 1 is 1.12 bits per heavy atom. The van der Waals surface area contributed by atoms with Crippen molar-refractivity contribution in [3.63, 3.8) is 0 Å². The number of rotatable bonds is 7. The highest BCUT2D eigenvalue weighted by molar-refractivity contribution is 7.12. The van der Waals surface area contributed by atoms with Crippen LogP contribution in [0.25, 0.3) is 0 Å². The third-order valence-electron chi connectivity index (χ3n) is 4.11. The van der Waals surface area contributed by atoms with Gasteiger partial charge in [-0.3, -0.25) is 9.59 Å². The van der Waals surface area contributed by atoms with Gasteiger partial charge >= 0.3 is 5.97 Å². The van der Waals surface area contributed by atoms with Crippen molar-refractivity contribution < 1.29 is 14.7 Å². The third-order valence-corrected chi connectivity index (χ3v) is 5.42. The summed E-state index contributed by atoms with van der Waals surface area (Å²) in [5.74, 6) is -1.89. The number of carboxylic acid groups (broad SMARTS) is 1. The first-order valence-corrected chi connectivity index (χ1v) is 8.99. The number of carbonyl (C=O) groups is 2. The highest BCUT2D eigenvalue weighted by Crippen LogP contribution is 2.28. The zero-order valence-electron chi connectivity index (χ0n) is 14.2. The van der Waals surface area contributed by atoms with Crippen molar-refractivity contribution in [2.75, 3.05) is 0 Å². The average Bonchev–Trinajstić information content (AvgIpc) is 3.02.